The van der Waals surface area contributed by atoms with Gasteiger partial charge in [-0.25, -0.2) is 0 Å². The van der Waals surface area contributed by atoms with E-state index in [0.717, 1.165) is 57.5 Å². The molecule has 2 heterocycles. The summed E-state index contributed by atoms with van der Waals surface area (Å²) in [6.45, 7) is 10.9. The molecule has 2 saturated heterocycles. The van der Waals surface area contributed by atoms with Crippen molar-refractivity contribution in [3.05, 3.63) is 29.8 Å². The van der Waals surface area contributed by atoms with Gasteiger partial charge < -0.3 is 15.1 Å². The molecule has 0 saturated carbocycles. The Labute approximate surface area is 132 Å². The summed E-state index contributed by atoms with van der Waals surface area (Å²) < 4.78 is 0. The lowest BCUT2D eigenvalue weighted by Crippen LogP contribution is -2.48. The Hall–Kier alpha value is -1.33. The summed E-state index contributed by atoms with van der Waals surface area (Å²) in [4.78, 5) is 7.31. The van der Waals surface area contributed by atoms with Crippen LogP contribution >= 0.6 is 12.2 Å². The third kappa shape index (κ3) is 3.66. The summed E-state index contributed by atoms with van der Waals surface area (Å²) in [5.41, 5.74) is 2.68. The standard InChI is InChI=1S/C16H24N4S/c1-14-2-4-15(5-3-14)19-11-8-18(9-12-19)10-13-20-7-6-17-16(20)21/h2-5H,6-13H2,1H3,(H,17,21). The van der Waals surface area contributed by atoms with Gasteiger partial charge in [0.25, 0.3) is 0 Å². The zero-order valence-electron chi connectivity index (χ0n) is 12.7. The Bertz CT molecular complexity index is 480. The summed E-state index contributed by atoms with van der Waals surface area (Å²) in [6.07, 6.45) is 0. The molecule has 0 amide bonds. The Kier molecular flexibility index (Phi) is 4.60. The summed E-state index contributed by atoms with van der Waals surface area (Å²) in [7, 11) is 0. The maximum atomic E-state index is 5.29. The third-order valence-corrected chi connectivity index (χ3v) is 4.81. The molecule has 1 aromatic carbocycles. The fraction of sp³-hybridized carbons (Fsp3) is 0.562. The van der Waals surface area contributed by atoms with Crippen molar-refractivity contribution in [3.8, 4) is 0 Å². The highest BCUT2D eigenvalue weighted by atomic mass is 32.1. The van der Waals surface area contributed by atoms with Crippen LogP contribution in [-0.2, 0) is 0 Å². The molecular weight excluding hydrogens is 280 g/mol. The molecule has 1 N–H and O–H groups in total. The summed E-state index contributed by atoms with van der Waals surface area (Å²) in [6, 6.07) is 8.87. The van der Waals surface area contributed by atoms with Crippen LogP contribution in [0.25, 0.3) is 0 Å². The highest BCUT2D eigenvalue weighted by molar-refractivity contribution is 7.80. The second kappa shape index (κ2) is 6.62. The van der Waals surface area contributed by atoms with Gasteiger partial charge >= 0.3 is 0 Å². The largest absolute Gasteiger partial charge is 0.369 e. The molecule has 3 rings (SSSR count). The van der Waals surface area contributed by atoms with E-state index in [1.807, 2.05) is 0 Å². The van der Waals surface area contributed by atoms with Gasteiger partial charge in [-0.05, 0) is 31.3 Å². The van der Waals surface area contributed by atoms with Crippen LogP contribution in [0, 0.1) is 6.92 Å². The molecule has 2 aliphatic heterocycles. The van der Waals surface area contributed by atoms with E-state index in [9.17, 15) is 0 Å². The minimum Gasteiger partial charge on any atom is -0.369 e. The Morgan fingerprint density at radius 3 is 2.33 bits per heavy atom. The maximum Gasteiger partial charge on any atom is 0.169 e. The fourth-order valence-electron chi connectivity index (χ4n) is 2.97. The van der Waals surface area contributed by atoms with Gasteiger partial charge in [-0.2, -0.15) is 0 Å². The van der Waals surface area contributed by atoms with Gasteiger partial charge in [0, 0.05) is 58.0 Å². The molecule has 0 unspecified atom stereocenters. The average Bonchev–Trinajstić information content (AvgIpc) is 2.92. The van der Waals surface area contributed by atoms with E-state index in [0.29, 0.717) is 0 Å². The number of piperazine rings is 1. The molecule has 5 heteroatoms. The van der Waals surface area contributed by atoms with Crippen molar-refractivity contribution in [2.75, 3.05) is 57.3 Å². The zero-order valence-corrected chi connectivity index (χ0v) is 13.5. The molecule has 4 nitrogen and oxygen atoms in total. The highest BCUT2D eigenvalue weighted by Gasteiger charge is 2.20. The zero-order chi connectivity index (χ0) is 14.7. The monoisotopic (exact) mass is 304 g/mol. The molecule has 1 aromatic rings. The number of aryl methyl sites for hydroxylation is 1. The lowest BCUT2D eigenvalue weighted by Gasteiger charge is -2.36. The summed E-state index contributed by atoms with van der Waals surface area (Å²) in [5, 5.41) is 4.15. The molecule has 114 valence electrons. The van der Waals surface area contributed by atoms with E-state index < -0.39 is 0 Å². The fourth-order valence-corrected chi connectivity index (χ4v) is 3.26. The number of nitrogens with zero attached hydrogens (tertiary/aromatic N) is 3. The van der Waals surface area contributed by atoms with E-state index in [4.69, 9.17) is 12.2 Å². The topological polar surface area (TPSA) is 21.8 Å². The highest BCUT2D eigenvalue weighted by Crippen LogP contribution is 2.17. The smallest absolute Gasteiger partial charge is 0.169 e. The van der Waals surface area contributed by atoms with Crippen LogP contribution in [0.15, 0.2) is 24.3 Å². The summed E-state index contributed by atoms with van der Waals surface area (Å²) >= 11 is 5.29. The first-order valence-electron chi connectivity index (χ1n) is 7.79. The van der Waals surface area contributed by atoms with Crippen molar-refractivity contribution >= 4 is 23.0 Å². The van der Waals surface area contributed by atoms with Crippen LogP contribution in [-0.4, -0.2) is 67.3 Å². The van der Waals surface area contributed by atoms with Crippen molar-refractivity contribution in [1.29, 1.82) is 0 Å². The van der Waals surface area contributed by atoms with Crippen molar-refractivity contribution in [1.82, 2.24) is 15.1 Å². The molecule has 0 bridgehead atoms. The molecule has 0 aliphatic carbocycles. The van der Waals surface area contributed by atoms with Crippen molar-refractivity contribution in [2.45, 2.75) is 6.92 Å². The van der Waals surface area contributed by atoms with E-state index in [1.165, 1.54) is 11.3 Å². The Morgan fingerprint density at radius 2 is 1.71 bits per heavy atom. The number of nitrogens with one attached hydrogen (secondary N) is 1. The van der Waals surface area contributed by atoms with Crippen molar-refractivity contribution < 1.29 is 0 Å². The van der Waals surface area contributed by atoms with Crippen molar-refractivity contribution in [3.63, 3.8) is 0 Å². The van der Waals surface area contributed by atoms with E-state index >= 15 is 0 Å². The van der Waals surface area contributed by atoms with Gasteiger partial charge in [-0.1, -0.05) is 17.7 Å². The number of rotatable bonds is 4. The number of hydrogen-bond donors (Lipinski definition) is 1. The lowest BCUT2D eigenvalue weighted by molar-refractivity contribution is 0.239. The van der Waals surface area contributed by atoms with Crippen LogP contribution in [0.3, 0.4) is 0 Å². The molecule has 2 fully saturated rings. The SMILES string of the molecule is Cc1ccc(N2CCN(CCN3CCNC3=S)CC2)cc1. The molecule has 0 atom stereocenters. The second-order valence-corrected chi connectivity index (χ2v) is 6.27. The lowest BCUT2D eigenvalue weighted by atomic mass is 10.2. The van der Waals surface area contributed by atoms with Crippen LogP contribution < -0.4 is 10.2 Å². The molecule has 0 radical (unpaired) electrons. The predicted octanol–water partition coefficient (Wildman–Crippen LogP) is 1.31. The van der Waals surface area contributed by atoms with Crippen LogP contribution in [0.4, 0.5) is 5.69 Å². The van der Waals surface area contributed by atoms with E-state index in [1.54, 1.807) is 0 Å². The van der Waals surface area contributed by atoms with Gasteiger partial charge in [0.15, 0.2) is 5.11 Å². The van der Waals surface area contributed by atoms with Gasteiger partial charge in [-0.15, -0.1) is 0 Å². The third-order valence-electron chi connectivity index (χ3n) is 4.40. The number of hydrogen-bond acceptors (Lipinski definition) is 3. The van der Waals surface area contributed by atoms with Gasteiger partial charge in [0.05, 0.1) is 0 Å². The number of benzene rings is 1. The van der Waals surface area contributed by atoms with E-state index in [2.05, 4.69) is 51.2 Å². The minimum atomic E-state index is 0.924. The Morgan fingerprint density at radius 1 is 1.00 bits per heavy atom. The van der Waals surface area contributed by atoms with Crippen molar-refractivity contribution in [2.24, 2.45) is 0 Å². The predicted molar refractivity (Wildman–Crippen MR) is 92.0 cm³/mol. The second-order valence-electron chi connectivity index (χ2n) is 5.88. The minimum absolute atomic E-state index is 0.924. The Balaban J connectivity index is 1.44. The molecule has 0 spiro atoms. The van der Waals surface area contributed by atoms with Crippen LogP contribution in [0.5, 0.6) is 0 Å². The maximum absolute atomic E-state index is 5.29. The van der Waals surface area contributed by atoms with Crippen LogP contribution in [0.2, 0.25) is 0 Å². The number of thiocarbonyl (C=S) groups is 1. The van der Waals surface area contributed by atoms with E-state index in [-0.39, 0.29) is 0 Å². The first-order valence-corrected chi connectivity index (χ1v) is 8.20. The summed E-state index contributed by atoms with van der Waals surface area (Å²) in [5.74, 6) is 0. The van der Waals surface area contributed by atoms with Crippen LogP contribution in [0.1, 0.15) is 5.56 Å². The molecular formula is C16H24N4S. The number of anilines is 1. The first-order chi connectivity index (χ1) is 10.2. The van der Waals surface area contributed by atoms with Gasteiger partial charge in [0.1, 0.15) is 0 Å². The average molecular weight is 304 g/mol. The van der Waals surface area contributed by atoms with Gasteiger partial charge in [-0.3, -0.25) is 4.90 Å². The quantitative estimate of drug-likeness (QED) is 0.845. The first kappa shape index (κ1) is 14.6. The molecule has 21 heavy (non-hydrogen) atoms. The molecule has 2 aliphatic rings. The normalized spacial score (nSPS) is 20.0. The molecule has 0 aromatic heterocycles. The van der Waals surface area contributed by atoms with Gasteiger partial charge in [0.2, 0.25) is 0 Å².